The van der Waals surface area contributed by atoms with E-state index in [1.807, 2.05) is 24.3 Å². The maximum Gasteiger partial charge on any atom is 0.156 e. The molecule has 1 aliphatic rings. The van der Waals surface area contributed by atoms with Gasteiger partial charge in [0, 0.05) is 12.3 Å². The molecule has 0 amide bonds. The second-order valence-electron chi connectivity index (χ2n) is 3.20. The van der Waals surface area contributed by atoms with Crippen LogP contribution in [-0.2, 0) is 6.54 Å². The van der Waals surface area contributed by atoms with Gasteiger partial charge in [0.15, 0.2) is 5.17 Å². The summed E-state index contributed by atoms with van der Waals surface area (Å²) in [5.74, 6) is 1.08. The van der Waals surface area contributed by atoms with Gasteiger partial charge < -0.3 is 5.32 Å². The van der Waals surface area contributed by atoms with E-state index >= 15 is 0 Å². The minimum absolute atomic E-state index is 0.700. The van der Waals surface area contributed by atoms with Gasteiger partial charge in [-0.05, 0) is 17.7 Å². The Balaban J connectivity index is 1.91. The van der Waals surface area contributed by atoms with Crippen molar-refractivity contribution in [2.45, 2.75) is 6.54 Å². The molecule has 3 nitrogen and oxygen atoms in total. The predicted octanol–water partition coefficient (Wildman–Crippen LogP) is 1.75. The van der Waals surface area contributed by atoms with E-state index in [1.54, 1.807) is 11.8 Å². The Labute approximate surface area is 93.2 Å². The lowest BCUT2D eigenvalue weighted by molar-refractivity contribution is 0.923. The van der Waals surface area contributed by atoms with E-state index in [1.165, 1.54) is 5.56 Å². The largest absolute Gasteiger partial charge is 0.361 e. The van der Waals surface area contributed by atoms with Crippen molar-refractivity contribution in [3.05, 3.63) is 35.4 Å². The second kappa shape index (κ2) is 4.85. The normalized spacial score (nSPS) is 14.5. The smallest absolute Gasteiger partial charge is 0.156 e. The molecule has 1 aromatic carbocycles. The Morgan fingerprint density at radius 1 is 1.40 bits per heavy atom. The highest BCUT2D eigenvalue weighted by atomic mass is 32.2. The average molecular weight is 217 g/mol. The fourth-order valence-electron chi connectivity index (χ4n) is 1.32. The molecule has 0 aromatic heterocycles. The van der Waals surface area contributed by atoms with Gasteiger partial charge in [-0.2, -0.15) is 5.26 Å². The van der Waals surface area contributed by atoms with Crippen LogP contribution in [0.15, 0.2) is 29.3 Å². The Morgan fingerprint density at radius 2 is 2.20 bits per heavy atom. The Hall–Kier alpha value is -1.47. The summed E-state index contributed by atoms with van der Waals surface area (Å²) in [4.78, 5) is 4.30. The summed E-state index contributed by atoms with van der Waals surface area (Å²) in [6.07, 6.45) is 0. The van der Waals surface area contributed by atoms with E-state index < -0.39 is 0 Å². The molecular weight excluding hydrogens is 206 g/mol. The van der Waals surface area contributed by atoms with Crippen molar-refractivity contribution in [2.75, 3.05) is 12.3 Å². The highest BCUT2D eigenvalue weighted by Crippen LogP contribution is 2.10. The highest BCUT2D eigenvalue weighted by molar-refractivity contribution is 8.14. The van der Waals surface area contributed by atoms with Crippen molar-refractivity contribution in [3.63, 3.8) is 0 Å². The zero-order valence-corrected chi connectivity index (χ0v) is 9.05. The molecule has 0 aliphatic carbocycles. The van der Waals surface area contributed by atoms with Gasteiger partial charge in [0.05, 0.1) is 18.2 Å². The molecule has 0 fully saturated rings. The first-order valence-electron chi connectivity index (χ1n) is 4.78. The summed E-state index contributed by atoms with van der Waals surface area (Å²) in [6.45, 7) is 1.69. The molecule has 1 heterocycles. The number of benzene rings is 1. The summed E-state index contributed by atoms with van der Waals surface area (Å²) in [7, 11) is 0. The van der Waals surface area contributed by atoms with Crippen LogP contribution in [0.25, 0.3) is 0 Å². The lowest BCUT2D eigenvalue weighted by Gasteiger charge is -2.04. The maximum atomic E-state index is 8.64. The molecule has 0 radical (unpaired) electrons. The van der Waals surface area contributed by atoms with E-state index in [2.05, 4.69) is 16.4 Å². The zero-order valence-electron chi connectivity index (χ0n) is 8.23. The molecule has 0 atom stereocenters. The number of hydrogen-bond acceptors (Lipinski definition) is 4. The summed E-state index contributed by atoms with van der Waals surface area (Å²) in [5, 5.41) is 12.9. The van der Waals surface area contributed by atoms with E-state index in [0.717, 1.165) is 24.0 Å². The van der Waals surface area contributed by atoms with Gasteiger partial charge in [0.2, 0.25) is 0 Å². The Bertz CT molecular complexity index is 403. The number of aliphatic imine (C=N–C) groups is 1. The monoisotopic (exact) mass is 217 g/mol. The van der Waals surface area contributed by atoms with Gasteiger partial charge in [0.1, 0.15) is 0 Å². The van der Waals surface area contributed by atoms with Crippen LogP contribution in [0.5, 0.6) is 0 Å². The van der Waals surface area contributed by atoms with E-state index in [4.69, 9.17) is 5.26 Å². The van der Waals surface area contributed by atoms with Crippen molar-refractivity contribution in [2.24, 2.45) is 4.99 Å². The van der Waals surface area contributed by atoms with Crippen molar-refractivity contribution in [1.82, 2.24) is 5.32 Å². The summed E-state index contributed by atoms with van der Waals surface area (Å²) in [6, 6.07) is 9.70. The SMILES string of the molecule is N#Cc1ccc(CNC2=NCCS2)cc1. The minimum Gasteiger partial charge on any atom is -0.361 e. The van der Waals surface area contributed by atoms with Crippen LogP contribution < -0.4 is 5.32 Å². The third-order valence-corrected chi connectivity index (χ3v) is 3.05. The van der Waals surface area contributed by atoms with Crippen LogP contribution >= 0.6 is 11.8 Å². The molecule has 0 unspecified atom stereocenters. The topological polar surface area (TPSA) is 48.2 Å². The Morgan fingerprint density at radius 3 is 2.80 bits per heavy atom. The average Bonchev–Trinajstić information content (AvgIpc) is 2.80. The summed E-state index contributed by atoms with van der Waals surface area (Å²) < 4.78 is 0. The first-order valence-corrected chi connectivity index (χ1v) is 5.77. The van der Waals surface area contributed by atoms with Crippen molar-refractivity contribution in [3.8, 4) is 6.07 Å². The lowest BCUT2D eigenvalue weighted by atomic mass is 10.1. The third kappa shape index (κ3) is 2.74. The highest BCUT2D eigenvalue weighted by Gasteiger charge is 2.05. The maximum absolute atomic E-state index is 8.64. The quantitative estimate of drug-likeness (QED) is 0.821. The van der Waals surface area contributed by atoms with Crippen LogP contribution in [0.3, 0.4) is 0 Å². The molecule has 15 heavy (non-hydrogen) atoms. The van der Waals surface area contributed by atoms with Crippen LogP contribution in [0, 0.1) is 11.3 Å². The molecule has 2 rings (SSSR count). The fourth-order valence-corrected chi connectivity index (χ4v) is 2.05. The number of thioether (sulfide) groups is 1. The molecule has 0 spiro atoms. The first-order chi connectivity index (χ1) is 7.38. The van der Waals surface area contributed by atoms with Crippen molar-refractivity contribution >= 4 is 16.9 Å². The van der Waals surface area contributed by atoms with Crippen LogP contribution in [0.4, 0.5) is 0 Å². The summed E-state index contributed by atoms with van der Waals surface area (Å²) in [5.41, 5.74) is 1.87. The third-order valence-electron chi connectivity index (χ3n) is 2.11. The van der Waals surface area contributed by atoms with Gasteiger partial charge in [0.25, 0.3) is 0 Å². The molecule has 0 bridgehead atoms. The van der Waals surface area contributed by atoms with E-state index in [9.17, 15) is 0 Å². The molecule has 1 aliphatic heterocycles. The van der Waals surface area contributed by atoms with E-state index in [-0.39, 0.29) is 0 Å². The van der Waals surface area contributed by atoms with Gasteiger partial charge in [-0.25, -0.2) is 0 Å². The number of amidine groups is 1. The standard InChI is InChI=1S/C11H11N3S/c12-7-9-1-3-10(4-2-9)8-14-11-13-5-6-15-11/h1-4H,5-6,8H2,(H,13,14). The second-order valence-corrected chi connectivity index (χ2v) is 4.28. The molecule has 76 valence electrons. The number of nitrogens with zero attached hydrogens (tertiary/aromatic N) is 2. The first kappa shape index (κ1) is 10.1. The van der Waals surface area contributed by atoms with Gasteiger partial charge >= 0.3 is 0 Å². The van der Waals surface area contributed by atoms with Gasteiger partial charge in [-0.3, -0.25) is 4.99 Å². The molecule has 0 saturated carbocycles. The molecule has 1 N–H and O–H groups in total. The molecule has 0 saturated heterocycles. The minimum atomic E-state index is 0.700. The molecule has 4 heteroatoms. The number of hydrogen-bond donors (Lipinski definition) is 1. The molecule has 1 aromatic rings. The number of nitriles is 1. The van der Waals surface area contributed by atoms with Crippen LogP contribution in [0.1, 0.15) is 11.1 Å². The fraction of sp³-hybridized carbons (Fsp3) is 0.273. The lowest BCUT2D eigenvalue weighted by Crippen LogP contribution is -2.17. The van der Waals surface area contributed by atoms with Crippen LogP contribution in [0.2, 0.25) is 0 Å². The predicted molar refractivity (Wildman–Crippen MR) is 62.8 cm³/mol. The van der Waals surface area contributed by atoms with E-state index in [0.29, 0.717) is 5.56 Å². The van der Waals surface area contributed by atoms with Crippen LogP contribution in [-0.4, -0.2) is 17.5 Å². The summed E-state index contributed by atoms with van der Waals surface area (Å²) >= 11 is 1.76. The zero-order chi connectivity index (χ0) is 10.5. The Kier molecular flexibility index (Phi) is 3.25. The molecular formula is C11H11N3S. The van der Waals surface area contributed by atoms with Gasteiger partial charge in [-0.1, -0.05) is 23.9 Å². The van der Waals surface area contributed by atoms with Crippen molar-refractivity contribution < 1.29 is 0 Å². The van der Waals surface area contributed by atoms with Crippen molar-refractivity contribution in [1.29, 1.82) is 5.26 Å². The number of nitrogens with one attached hydrogen (secondary N) is 1. The van der Waals surface area contributed by atoms with Gasteiger partial charge in [-0.15, -0.1) is 0 Å². The number of rotatable bonds is 2.